The molecule has 2 heteroatoms. The molecule has 0 aromatic rings. The Morgan fingerprint density at radius 2 is 1.92 bits per heavy atom. The fourth-order valence-corrected chi connectivity index (χ4v) is 3.24. The predicted molar refractivity (Wildman–Crippen MR) is 45.1 cm³/mol. The van der Waals surface area contributed by atoms with Gasteiger partial charge < -0.3 is 5.11 Å². The Balaban J connectivity index is 2.07. The van der Waals surface area contributed by atoms with Crippen LogP contribution < -0.4 is 0 Å². The number of aliphatic hydroxyl groups excluding tert-OH is 1. The summed E-state index contributed by atoms with van der Waals surface area (Å²) in [6, 6.07) is 2.25. The van der Waals surface area contributed by atoms with E-state index in [1.807, 2.05) is 0 Å². The molecule has 0 saturated heterocycles. The van der Waals surface area contributed by atoms with E-state index in [9.17, 15) is 5.11 Å². The van der Waals surface area contributed by atoms with Gasteiger partial charge in [-0.1, -0.05) is 0 Å². The number of nitrogens with zero attached hydrogens (tertiary/aromatic N) is 1. The maximum absolute atomic E-state index is 9.18. The summed E-state index contributed by atoms with van der Waals surface area (Å²) in [5, 5.41) is 17.8. The maximum Gasteiger partial charge on any atom is 0.0624 e. The number of hydrogen-bond acceptors (Lipinski definition) is 2. The van der Waals surface area contributed by atoms with Crippen LogP contribution in [0.1, 0.15) is 25.7 Å². The van der Waals surface area contributed by atoms with E-state index < -0.39 is 0 Å². The molecule has 0 aromatic carbocycles. The molecule has 4 atom stereocenters. The lowest BCUT2D eigenvalue weighted by Gasteiger charge is -2.27. The van der Waals surface area contributed by atoms with Crippen LogP contribution in [-0.4, -0.2) is 11.7 Å². The van der Waals surface area contributed by atoms with Crippen molar-refractivity contribution in [1.82, 2.24) is 0 Å². The third kappa shape index (κ3) is 1.04. The van der Waals surface area contributed by atoms with E-state index >= 15 is 0 Å². The van der Waals surface area contributed by atoms with Crippen LogP contribution in [0, 0.1) is 35.0 Å². The highest BCUT2D eigenvalue weighted by molar-refractivity contribution is 4.98. The largest absolute Gasteiger partial charge is 0.396 e. The third-order valence-corrected chi connectivity index (χ3v) is 3.81. The van der Waals surface area contributed by atoms with E-state index in [4.69, 9.17) is 5.26 Å². The second kappa shape index (κ2) is 3.06. The molecule has 66 valence electrons. The monoisotopic (exact) mass is 165 g/mol. The van der Waals surface area contributed by atoms with Crippen LogP contribution >= 0.6 is 0 Å². The Morgan fingerprint density at radius 1 is 1.25 bits per heavy atom. The van der Waals surface area contributed by atoms with Crippen molar-refractivity contribution in [3.8, 4) is 6.07 Å². The summed E-state index contributed by atoms with van der Waals surface area (Å²) in [6.07, 6.45) is 4.52. The lowest BCUT2D eigenvalue weighted by atomic mass is 9.78. The molecule has 2 nitrogen and oxygen atoms in total. The summed E-state index contributed by atoms with van der Waals surface area (Å²) in [7, 11) is 0. The van der Waals surface area contributed by atoms with Gasteiger partial charge in [0.15, 0.2) is 0 Å². The van der Waals surface area contributed by atoms with Crippen LogP contribution in [-0.2, 0) is 0 Å². The second-order valence-electron chi connectivity index (χ2n) is 4.21. The van der Waals surface area contributed by atoms with Gasteiger partial charge in [-0.3, -0.25) is 0 Å². The van der Waals surface area contributed by atoms with Crippen molar-refractivity contribution in [3.05, 3.63) is 0 Å². The molecule has 2 fully saturated rings. The van der Waals surface area contributed by atoms with Crippen LogP contribution in [0.3, 0.4) is 0 Å². The second-order valence-corrected chi connectivity index (χ2v) is 4.21. The van der Waals surface area contributed by atoms with Crippen molar-refractivity contribution in [1.29, 1.82) is 5.26 Å². The minimum absolute atomic E-state index is 0.299. The zero-order valence-electron chi connectivity index (χ0n) is 7.24. The topological polar surface area (TPSA) is 44.0 Å². The van der Waals surface area contributed by atoms with E-state index in [2.05, 4.69) is 6.07 Å². The summed E-state index contributed by atoms with van der Waals surface area (Å²) in [5.41, 5.74) is 0. The van der Waals surface area contributed by atoms with Crippen molar-refractivity contribution in [2.75, 3.05) is 6.61 Å². The molecule has 2 aliphatic rings. The highest BCUT2D eigenvalue weighted by Crippen LogP contribution is 2.53. The van der Waals surface area contributed by atoms with E-state index in [1.54, 1.807) is 0 Å². The Morgan fingerprint density at radius 3 is 2.50 bits per heavy atom. The molecule has 0 radical (unpaired) electrons. The van der Waals surface area contributed by atoms with Gasteiger partial charge in [-0.25, -0.2) is 0 Å². The van der Waals surface area contributed by atoms with E-state index in [-0.39, 0.29) is 0 Å². The van der Waals surface area contributed by atoms with E-state index in [0.29, 0.717) is 24.9 Å². The molecule has 0 aliphatic heterocycles. The summed E-state index contributed by atoms with van der Waals surface area (Å²) in [5.74, 6) is 2.45. The van der Waals surface area contributed by atoms with Crippen LogP contribution in [0.4, 0.5) is 0 Å². The lowest BCUT2D eigenvalue weighted by Crippen LogP contribution is -2.24. The van der Waals surface area contributed by atoms with Crippen LogP contribution in [0.5, 0.6) is 0 Å². The molecule has 0 heterocycles. The standard InChI is InChI=1S/C10H15NO/c11-4-3-9-7-1-2-8(5-7)10(9)6-12/h7-10,12H,1-3,5-6H2/t7-,8+,9-,10-/m1/s1. The smallest absolute Gasteiger partial charge is 0.0624 e. The third-order valence-electron chi connectivity index (χ3n) is 3.81. The van der Waals surface area contributed by atoms with Gasteiger partial charge in [0.25, 0.3) is 0 Å². The van der Waals surface area contributed by atoms with Crippen molar-refractivity contribution < 1.29 is 5.11 Å². The average molecular weight is 165 g/mol. The number of fused-ring (bicyclic) bond motifs is 2. The Hall–Kier alpha value is -0.550. The maximum atomic E-state index is 9.18. The highest BCUT2D eigenvalue weighted by Gasteiger charge is 2.46. The van der Waals surface area contributed by atoms with Gasteiger partial charge in [0.05, 0.1) is 6.07 Å². The zero-order valence-corrected chi connectivity index (χ0v) is 7.24. The molecule has 1 N–H and O–H groups in total. The van der Waals surface area contributed by atoms with Crippen LogP contribution in [0.15, 0.2) is 0 Å². The Labute approximate surface area is 73.2 Å². The minimum Gasteiger partial charge on any atom is -0.396 e. The van der Waals surface area contributed by atoms with E-state index in [1.165, 1.54) is 19.3 Å². The molecule has 0 unspecified atom stereocenters. The average Bonchev–Trinajstić information content (AvgIpc) is 2.64. The fourth-order valence-electron chi connectivity index (χ4n) is 3.24. The van der Waals surface area contributed by atoms with Crippen LogP contribution in [0.25, 0.3) is 0 Å². The SMILES string of the molecule is N#CC[C@@H]1[C@@H]2CC[C@@H](C2)[C@H]1CO. The minimum atomic E-state index is 0.299. The molecule has 0 amide bonds. The first kappa shape index (κ1) is 8.07. The van der Waals surface area contributed by atoms with Crippen molar-refractivity contribution in [3.63, 3.8) is 0 Å². The molecule has 12 heavy (non-hydrogen) atoms. The molecular weight excluding hydrogens is 150 g/mol. The fraction of sp³-hybridized carbons (Fsp3) is 0.900. The number of aliphatic hydroxyl groups is 1. The molecule has 0 aromatic heterocycles. The normalized spacial score (nSPS) is 44.7. The number of nitriles is 1. The molecule has 2 saturated carbocycles. The summed E-state index contributed by atoms with van der Waals surface area (Å²) in [6.45, 7) is 0.299. The van der Waals surface area contributed by atoms with Crippen molar-refractivity contribution in [2.24, 2.45) is 23.7 Å². The van der Waals surface area contributed by atoms with Crippen LogP contribution in [0.2, 0.25) is 0 Å². The highest BCUT2D eigenvalue weighted by atomic mass is 16.3. The molecule has 2 aliphatic carbocycles. The molecule has 2 rings (SSSR count). The summed E-state index contributed by atoms with van der Waals surface area (Å²) >= 11 is 0. The summed E-state index contributed by atoms with van der Waals surface area (Å²) < 4.78 is 0. The van der Waals surface area contributed by atoms with Gasteiger partial charge in [0.1, 0.15) is 0 Å². The zero-order chi connectivity index (χ0) is 8.55. The first-order valence-corrected chi connectivity index (χ1v) is 4.84. The van der Waals surface area contributed by atoms with Gasteiger partial charge in [-0.05, 0) is 42.9 Å². The first-order chi connectivity index (χ1) is 5.86. The number of rotatable bonds is 2. The van der Waals surface area contributed by atoms with E-state index in [0.717, 1.165) is 11.8 Å². The molecule has 0 spiro atoms. The van der Waals surface area contributed by atoms with Gasteiger partial charge >= 0.3 is 0 Å². The quantitative estimate of drug-likeness (QED) is 0.674. The van der Waals surface area contributed by atoms with Gasteiger partial charge in [0.2, 0.25) is 0 Å². The molecule has 2 bridgehead atoms. The van der Waals surface area contributed by atoms with Gasteiger partial charge in [-0.15, -0.1) is 0 Å². The summed E-state index contributed by atoms with van der Waals surface area (Å²) in [4.78, 5) is 0. The lowest BCUT2D eigenvalue weighted by molar-refractivity contribution is 0.127. The van der Waals surface area contributed by atoms with Crippen molar-refractivity contribution in [2.45, 2.75) is 25.7 Å². The van der Waals surface area contributed by atoms with Gasteiger partial charge in [-0.2, -0.15) is 5.26 Å². The van der Waals surface area contributed by atoms with Gasteiger partial charge in [0, 0.05) is 13.0 Å². The Bertz CT molecular complexity index is 208. The molecular formula is C10H15NO. The first-order valence-electron chi connectivity index (χ1n) is 4.84. The predicted octanol–water partition coefficient (Wildman–Crippen LogP) is 1.55. The number of hydrogen-bond donors (Lipinski definition) is 1. The Kier molecular flexibility index (Phi) is 2.06. The van der Waals surface area contributed by atoms with Crippen molar-refractivity contribution >= 4 is 0 Å².